The van der Waals surface area contributed by atoms with Crippen LogP contribution in [0.2, 0.25) is 0 Å². The van der Waals surface area contributed by atoms with Crippen LogP contribution in [0.1, 0.15) is 51.2 Å². The lowest BCUT2D eigenvalue weighted by Gasteiger charge is -2.25. The zero-order valence-corrected chi connectivity index (χ0v) is 14.7. The van der Waals surface area contributed by atoms with Crippen LogP contribution in [0.25, 0.3) is 0 Å². The third-order valence-electron chi connectivity index (χ3n) is 4.04. The van der Waals surface area contributed by atoms with Gasteiger partial charge in [0, 0.05) is 24.9 Å². The van der Waals surface area contributed by atoms with Crippen molar-refractivity contribution in [3.8, 4) is 0 Å². The van der Waals surface area contributed by atoms with Crippen molar-refractivity contribution in [1.29, 1.82) is 0 Å². The summed E-state index contributed by atoms with van der Waals surface area (Å²) < 4.78 is 0. The van der Waals surface area contributed by atoms with Crippen LogP contribution in [0.15, 0.2) is 29.4 Å². The largest absolute Gasteiger partial charge is 0.390 e. The van der Waals surface area contributed by atoms with Crippen LogP contribution in [0.5, 0.6) is 0 Å². The molecule has 1 aliphatic rings. The molecule has 0 saturated heterocycles. The molecule has 126 valence electrons. The Labute approximate surface area is 139 Å². The topological polar surface area (TPSA) is 41.9 Å². The lowest BCUT2D eigenvalue weighted by molar-refractivity contribution is -0.133. The van der Waals surface area contributed by atoms with Gasteiger partial charge in [0.25, 0.3) is 0 Å². The van der Waals surface area contributed by atoms with E-state index in [1.165, 1.54) is 5.56 Å². The molecule has 0 radical (unpaired) electrons. The number of hydrogen-bond acceptors (Lipinski definition) is 3. The molecular formula is C19H28N2O2. The second-order valence-electron chi connectivity index (χ2n) is 6.72. The predicted octanol–water partition coefficient (Wildman–Crippen LogP) is 3.77. The highest BCUT2D eigenvalue weighted by atomic mass is 16.6. The fraction of sp³-hybridized carbons (Fsp3) is 0.579. The van der Waals surface area contributed by atoms with Gasteiger partial charge in [0.05, 0.1) is 12.3 Å². The minimum absolute atomic E-state index is 0.0349. The molecule has 1 aliphatic heterocycles. The first kappa shape index (κ1) is 17.5. The van der Waals surface area contributed by atoms with Crippen molar-refractivity contribution < 1.29 is 9.63 Å². The number of carbonyl (C=O) groups is 1. The van der Waals surface area contributed by atoms with E-state index in [0.717, 1.165) is 30.7 Å². The molecule has 2 rings (SSSR count). The zero-order chi connectivity index (χ0) is 16.8. The molecule has 0 bridgehead atoms. The average Bonchev–Trinajstić information content (AvgIpc) is 2.95. The molecule has 1 aromatic rings. The SMILES string of the molecule is CCCN(C[C@@H]1CC(c2ccccc2C)=NO1)C(=O)CC(C)C. The third kappa shape index (κ3) is 4.81. The van der Waals surface area contributed by atoms with Gasteiger partial charge in [-0.15, -0.1) is 0 Å². The number of carbonyl (C=O) groups excluding carboxylic acids is 1. The van der Waals surface area contributed by atoms with Gasteiger partial charge in [-0.3, -0.25) is 4.79 Å². The van der Waals surface area contributed by atoms with Gasteiger partial charge in [-0.25, -0.2) is 0 Å². The van der Waals surface area contributed by atoms with Crippen LogP contribution in [0, 0.1) is 12.8 Å². The van der Waals surface area contributed by atoms with E-state index in [1.807, 2.05) is 17.0 Å². The summed E-state index contributed by atoms with van der Waals surface area (Å²) in [5.74, 6) is 0.597. The lowest BCUT2D eigenvalue weighted by Crippen LogP contribution is -2.38. The minimum Gasteiger partial charge on any atom is -0.390 e. The summed E-state index contributed by atoms with van der Waals surface area (Å²) in [6.07, 6.45) is 2.28. The van der Waals surface area contributed by atoms with E-state index in [4.69, 9.17) is 4.84 Å². The summed E-state index contributed by atoms with van der Waals surface area (Å²) in [6, 6.07) is 8.21. The molecule has 0 spiro atoms. The molecule has 0 unspecified atom stereocenters. The first-order valence-electron chi connectivity index (χ1n) is 8.57. The van der Waals surface area contributed by atoms with Crippen LogP contribution in [0.4, 0.5) is 0 Å². The molecule has 4 nitrogen and oxygen atoms in total. The number of hydrogen-bond donors (Lipinski definition) is 0. The summed E-state index contributed by atoms with van der Waals surface area (Å²) in [4.78, 5) is 19.9. The van der Waals surface area contributed by atoms with Gasteiger partial charge in [-0.1, -0.05) is 50.2 Å². The number of nitrogens with zero attached hydrogens (tertiary/aromatic N) is 2. The monoisotopic (exact) mass is 316 g/mol. The highest BCUT2D eigenvalue weighted by Gasteiger charge is 2.27. The second kappa shape index (κ2) is 8.14. The molecule has 1 heterocycles. The Hall–Kier alpha value is -1.84. The maximum absolute atomic E-state index is 12.4. The summed E-state index contributed by atoms with van der Waals surface area (Å²) in [7, 11) is 0. The van der Waals surface area contributed by atoms with E-state index in [2.05, 4.69) is 45.0 Å². The number of benzene rings is 1. The number of oxime groups is 1. The van der Waals surface area contributed by atoms with E-state index in [0.29, 0.717) is 18.9 Å². The Balaban J connectivity index is 1.96. The van der Waals surface area contributed by atoms with Gasteiger partial charge in [-0.05, 0) is 24.8 Å². The van der Waals surface area contributed by atoms with E-state index >= 15 is 0 Å². The molecule has 1 atom stereocenters. The van der Waals surface area contributed by atoms with E-state index < -0.39 is 0 Å². The van der Waals surface area contributed by atoms with Crippen molar-refractivity contribution >= 4 is 11.6 Å². The average molecular weight is 316 g/mol. The molecule has 0 N–H and O–H groups in total. The molecule has 0 fully saturated rings. The van der Waals surface area contributed by atoms with Crippen LogP contribution < -0.4 is 0 Å². The third-order valence-corrected chi connectivity index (χ3v) is 4.04. The second-order valence-corrected chi connectivity index (χ2v) is 6.72. The Kier molecular flexibility index (Phi) is 6.20. The summed E-state index contributed by atoms with van der Waals surface area (Å²) in [5.41, 5.74) is 3.34. The van der Waals surface area contributed by atoms with Gasteiger partial charge in [0.1, 0.15) is 0 Å². The lowest BCUT2D eigenvalue weighted by atomic mass is 10.00. The number of rotatable bonds is 7. The molecule has 4 heteroatoms. The summed E-state index contributed by atoms with van der Waals surface area (Å²) in [6.45, 7) is 9.74. The molecule has 0 saturated carbocycles. The van der Waals surface area contributed by atoms with Crippen LogP contribution in [-0.4, -0.2) is 35.7 Å². The Morgan fingerprint density at radius 3 is 2.78 bits per heavy atom. The Morgan fingerprint density at radius 2 is 2.13 bits per heavy atom. The van der Waals surface area contributed by atoms with E-state index in [9.17, 15) is 4.79 Å². The van der Waals surface area contributed by atoms with Crippen LogP contribution >= 0.6 is 0 Å². The van der Waals surface area contributed by atoms with Crippen molar-refractivity contribution in [2.75, 3.05) is 13.1 Å². The Morgan fingerprint density at radius 1 is 1.39 bits per heavy atom. The van der Waals surface area contributed by atoms with Crippen molar-refractivity contribution in [1.82, 2.24) is 4.90 Å². The molecule has 0 aromatic heterocycles. The molecular weight excluding hydrogens is 288 g/mol. The molecule has 0 aliphatic carbocycles. The number of amides is 1. The standard InChI is InChI=1S/C19H28N2O2/c1-5-10-21(19(22)11-14(2)3)13-16-12-18(20-23-16)17-9-7-6-8-15(17)4/h6-9,14,16H,5,10-13H2,1-4H3/t16-/m0/s1. The first-order valence-corrected chi connectivity index (χ1v) is 8.57. The van der Waals surface area contributed by atoms with Crippen molar-refractivity contribution in [3.63, 3.8) is 0 Å². The van der Waals surface area contributed by atoms with Gasteiger partial charge >= 0.3 is 0 Å². The molecule has 1 aromatic carbocycles. The summed E-state index contributed by atoms with van der Waals surface area (Å²) in [5, 5.41) is 4.26. The number of aryl methyl sites for hydroxylation is 1. The van der Waals surface area contributed by atoms with Crippen LogP contribution in [0.3, 0.4) is 0 Å². The minimum atomic E-state index is -0.0349. The van der Waals surface area contributed by atoms with Gasteiger partial charge < -0.3 is 9.74 Å². The van der Waals surface area contributed by atoms with Crippen LogP contribution in [-0.2, 0) is 9.63 Å². The van der Waals surface area contributed by atoms with E-state index in [-0.39, 0.29) is 12.0 Å². The highest BCUT2D eigenvalue weighted by molar-refractivity contribution is 6.02. The normalized spacial score (nSPS) is 17.1. The fourth-order valence-electron chi connectivity index (χ4n) is 2.89. The Bertz CT molecular complexity index is 566. The molecule has 23 heavy (non-hydrogen) atoms. The van der Waals surface area contributed by atoms with Crippen molar-refractivity contribution in [3.05, 3.63) is 35.4 Å². The van der Waals surface area contributed by atoms with Crippen molar-refractivity contribution in [2.45, 2.75) is 53.1 Å². The quantitative estimate of drug-likeness (QED) is 0.768. The highest BCUT2D eigenvalue weighted by Crippen LogP contribution is 2.20. The first-order chi connectivity index (χ1) is 11.0. The van der Waals surface area contributed by atoms with Gasteiger partial charge in [-0.2, -0.15) is 0 Å². The predicted molar refractivity (Wildman–Crippen MR) is 93.5 cm³/mol. The zero-order valence-electron chi connectivity index (χ0n) is 14.7. The van der Waals surface area contributed by atoms with E-state index in [1.54, 1.807) is 0 Å². The fourth-order valence-corrected chi connectivity index (χ4v) is 2.89. The maximum Gasteiger partial charge on any atom is 0.222 e. The van der Waals surface area contributed by atoms with Gasteiger partial charge in [0.2, 0.25) is 5.91 Å². The summed E-state index contributed by atoms with van der Waals surface area (Å²) >= 11 is 0. The molecule has 1 amide bonds. The van der Waals surface area contributed by atoms with Crippen molar-refractivity contribution in [2.24, 2.45) is 11.1 Å². The smallest absolute Gasteiger partial charge is 0.222 e. The maximum atomic E-state index is 12.4. The van der Waals surface area contributed by atoms with Gasteiger partial charge in [0.15, 0.2) is 6.10 Å².